The summed E-state index contributed by atoms with van der Waals surface area (Å²) in [6, 6.07) is 10.4. The summed E-state index contributed by atoms with van der Waals surface area (Å²) in [6.07, 6.45) is 3.63. The molecule has 0 aliphatic heterocycles. The van der Waals surface area contributed by atoms with E-state index in [1.807, 2.05) is 12.1 Å². The van der Waals surface area contributed by atoms with Gasteiger partial charge in [-0.15, -0.1) is 0 Å². The molecule has 0 aromatic heterocycles. The Morgan fingerprint density at radius 3 is 2.44 bits per heavy atom. The van der Waals surface area contributed by atoms with Gasteiger partial charge in [0, 0.05) is 6.54 Å². The standard InChI is InChI=1S/C15H18N2O/c1-2-3-12-4-6-13(7-5-12)10-17-14(18)15(11-16)8-9-15/h4-7H,2-3,8-10H2,1H3,(H,17,18). The van der Waals surface area contributed by atoms with Crippen LogP contribution in [0.15, 0.2) is 24.3 Å². The quantitative estimate of drug-likeness (QED) is 0.862. The number of amides is 1. The maximum atomic E-state index is 11.8. The van der Waals surface area contributed by atoms with Gasteiger partial charge in [0.25, 0.3) is 0 Å². The molecule has 0 radical (unpaired) electrons. The fraction of sp³-hybridized carbons (Fsp3) is 0.467. The van der Waals surface area contributed by atoms with Gasteiger partial charge in [-0.25, -0.2) is 0 Å². The van der Waals surface area contributed by atoms with E-state index >= 15 is 0 Å². The summed E-state index contributed by atoms with van der Waals surface area (Å²) >= 11 is 0. The van der Waals surface area contributed by atoms with Gasteiger partial charge in [-0.05, 0) is 30.4 Å². The highest BCUT2D eigenvalue weighted by Gasteiger charge is 2.50. The summed E-state index contributed by atoms with van der Waals surface area (Å²) in [5, 5.41) is 11.8. The number of carbonyl (C=O) groups is 1. The Balaban J connectivity index is 1.87. The molecule has 0 heterocycles. The third-order valence-electron chi connectivity index (χ3n) is 3.41. The number of aryl methyl sites for hydroxylation is 1. The van der Waals surface area contributed by atoms with E-state index in [1.54, 1.807) is 0 Å². The molecule has 1 aromatic carbocycles. The number of nitriles is 1. The van der Waals surface area contributed by atoms with Gasteiger partial charge in [-0.3, -0.25) is 4.79 Å². The van der Waals surface area contributed by atoms with Crippen LogP contribution in [0.4, 0.5) is 0 Å². The molecule has 2 rings (SSSR count). The second-order valence-electron chi connectivity index (χ2n) is 4.94. The molecule has 1 saturated carbocycles. The van der Waals surface area contributed by atoms with Gasteiger partial charge in [0.1, 0.15) is 5.41 Å². The topological polar surface area (TPSA) is 52.9 Å². The molecular weight excluding hydrogens is 224 g/mol. The van der Waals surface area contributed by atoms with Crippen LogP contribution in [0, 0.1) is 16.7 Å². The van der Waals surface area contributed by atoms with E-state index in [-0.39, 0.29) is 5.91 Å². The van der Waals surface area contributed by atoms with Crippen LogP contribution in [0.5, 0.6) is 0 Å². The summed E-state index contributed by atoms with van der Waals surface area (Å²) in [5.74, 6) is -0.123. The third-order valence-corrected chi connectivity index (χ3v) is 3.41. The summed E-state index contributed by atoms with van der Waals surface area (Å²) in [7, 11) is 0. The number of carbonyl (C=O) groups excluding carboxylic acids is 1. The molecule has 18 heavy (non-hydrogen) atoms. The van der Waals surface area contributed by atoms with Gasteiger partial charge in [-0.1, -0.05) is 37.6 Å². The third kappa shape index (κ3) is 2.70. The first-order valence-electron chi connectivity index (χ1n) is 6.47. The van der Waals surface area contributed by atoms with Crippen molar-refractivity contribution in [2.75, 3.05) is 0 Å². The van der Waals surface area contributed by atoms with Crippen molar-refractivity contribution in [3.8, 4) is 6.07 Å². The average molecular weight is 242 g/mol. The molecule has 94 valence electrons. The van der Waals surface area contributed by atoms with Gasteiger partial charge in [-0.2, -0.15) is 5.26 Å². The molecule has 1 aromatic rings. The van der Waals surface area contributed by atoms with Gasteiger partial charge >= 0.3 is 0 Å². The Morgan fingerprint density at radius 1 is 1.33 bits per heavy atom. The van der Waals surface area contributed by atoms with Crippen LogP contribution in [-0.4, -0.2) is 5.91 Å². The first-order valence-corrected chi connectivity index (χ1v) is 6.47. The highest BCUT2D eigenvalue weighted by molar-refractivity contribution is 5.88. The number of rotatable bonds is 5. The van der Waals surface area contributed by atoms with Crippen molar-refractivity contribution in [1.29, 1.82) is 5.26 Å². The van der Waals surface area contributed by atoms with Crippen LogP contribution in [0.25, 0.3) is 0 Å². The number of hydrogen-bond donors (Lipinski definition) is 1. The van der Waals surface area contributed by atoms with E-state index < -0.39 is 5.41 Å². The zero-order valence-corrected chi connectivity index (χ0v) is 10.7. The van der Waals surface area contributed by atoms with Gasteiger partial charge in [0.2, 0.25) is 5.91 Å². The molecule has 1 N–H and O–H groups in total. The predicted octanol–water partition coefficient (Wildman–Crippen LogP) is 2.56. The van der Waals surface area contributed by atoms with Gasteiger partial charge < -0.3 is 5.32 Å². The fourth-order valence-corrected chi connectivity index (χ4v) is 1.98. The van der Waals surface area contributed by atoms with E-state index in [0.717, 1.165) is 18.4 Å². The SMILES string of the molecule is CCCc1ccc(CNC(=O)C2(C#N)CC2)cc1. The fourth-order valence-electron chi connectivity index (χ4n) is 1.98. The molecule has 0 bridgehead atoms. The molecule has 0 atom stereocenters. The minimum atomic E-state index is -0.720. The highest BCUT2D eigenvalue weighted by atomic mass is 16.2. The molecule has 0 spiro atoms. The Morgan fingerprint density at radius 2 is 1.94 bits per heavy atom. The lowest BCUT2D eigenvalue weighted by molar-refractivity contribution is -0.124. The summed E-state index contributed by atoms with van der Waals surface area (Å²) < 4.78 is 0. The van der Waals surface area contributed by atoms with Crippen molar-refractivity contribution in [3.05, 3.63) is 35.4 Å². The molecule has 3 nitrogen and oxygen atoms in total. The molecule has 0 unspecified atom stereocenters. The summed E-state index contributed by atoms with van der Waals surface area (Å²) in [4.78, 5) is 11.8. The largest absolute Gasteiger partial charge is 0.351 e. The van der Waals surface area contributed by atoms with Crippen LogP contribution in [0.1, 0.15) is 37.3 Å². The lowest BCUT2D eigenvalue weighted by Crippen LogP contribution is -2.30. The van der Waals surface area contributed by atoms with Gasteiger partial charge in [0.05, 0.1) is 6.07 Å². The normalized spacial score (nSPS) is 15.8. The second kappa shape index (κ2) is 5.22. The van der Waals surface area contributed by atoms with Gasteiger partial charge in [0.15, 0.2) is 0 Å². The Labute approximate surface area is 108 Å². The molecule has 1 aliphatic rings. The smallest absolute Gasteiger partial charge is 0.240 e. The number of hydrogen-bond acceptors (Lipinski definition) is 2. The lowest BCUT2D eigenvalue weighted by Gasteiger charge is -2.08. The van der Waals surface area contributed by atoms with Crippen molar-refractivity contribution in [2.45, 2.75) is 39.2 Å². The number of nitrogens with zero attached hydrogens (tertiary/aromatic N) is 1. The van der Waals surface area contributed by atoms with Crippen LogP contribution in [0.3, 0.4) is 0 Å². The van der Waals surface area contributed by atoms with E-state index in [2.05, 4.69) is 30.4 Å². The molecule has 0 saturated heterocycles. The molecular formula is C15H18N2O. The monoisotopic (exact) mass is 242 g/mol. The van der Waals surface area contributed by atoms with E-state index in [0.29, 0.717) is 19.4 Å². The van der Waals surface area contributed by atoms with E-state index in [4.69, 9.17) is 5.26 Å². The predicted molar refractivity (Wildman–Crippen MR) is 69.6 cm³/mol. The van der Waals surface area contributed by atoms with Crippen LogP contribution >= 0.6 is 0 Å². The maximum absolute atomic E-state index is 11.8. The van der Waals surface area contributed by atoms with Crippen molar-refractivity contribution in [3.63, 3.8) is 0 Å². The highest BCUT2D eigenvalue weighted by Crippen LogP contribution is 2.44. The number of nitrogens with one attached hydrogen (secondary N) is 1. The first-order chi connectivity index (χ1) is 8.70. The first kappa shape index (κ1) is 12.6. The van der Waals surface area contributed by atoms with Crippen molar-refractivity contribution in [1.82, 2.24) is 5.32 Å². The Kier molecular flexibility index (Phi) is 3.66. The van der Waals surface area contributed by atoms with Crippen LogP contribution in [0.2, 0.25) is 0 Å². The van der Waals surface area contributed by atoms with E-state index in [1.165, 1.54) is 5.56 Å². The second-order valence-corrected chi connectivity index (χ2v) is 4.94. The maximum Gasteiger partial charge on any atom is 0.240 e. The van der Waals surface area contributed by atoms with Crippen molar-refractivity contribution < 1.29 is 4.79 Å². The van der Waals surface area contributed by atoms with Crippen molar-refractivity contribution >= 4 is 5.91 Å². The zero-order valence-electron chi connectivity index (χ0n) is 10.7. The van der Waals surface area contributed by atoms with Crippen molar-refractivity contribution in [2.24, 2.45) is 5.41 Å². The molecule has 1 amide bonds. The van der Waals surface area contributed by atoms with E-state index in [9.17, 15) is 4.79 Å². The molecule has 1 fully saturated rings. The number of benzene rings is 1. The Hall–Kier alpha value is -1.82. The average Bonchev–Trinajstić information content (AvgIpc) is 3.19. The summed E-state index contributed by atoms with van der Waals surface area (Å²) in [6.45, 7) is 2.67. The minimum Gasteiger partial charge on any atom is -0.351 e. The zero-order chi connectivity index (χ0) is 13.0. The Bertz CT molecular complexity index is 466. The summed E-state index contributed by atoms with van der Waals surface area (Å²) in [5.41, 5.74) is 1.68. The molecule has 1 aliphatic carbocycles. The molecule has 3 heteroatoms. The van der Waals surface area contributed by atoms with Crippen LogP contribution < -0.4 is 5.32 Å². The minimum absolute atomic E-state index is 0.123. The lowest BCUT2D eigenvalue weighted by atomic mass is 10.1. The van der Waals surface area contributed by atoms with Crippen LogP contribution in [-0.2, 0) is 17.8 Å².